The third-order valence-electron chi connectivity index (χ3n) is 9.97. The van der Waals surface area contributed by atoms with Crippen molar-refractivity contribution in [3.63, 3.8) is 0 Å². The normalized spacial score (nSPS) is 11.8. The Labute approximate surface area is 272 Å². The standard InChI is InChI=1S/C46H29N/c1-2-15-31(16-3-1)44-37-22-8-9-23-38(37)45(40-27-26-30-14-4-5-17-32(30)46(40)44)39-28-29-43(34-19-7-6-18-33(34)39)47-41-24-12-10-20-35(41)36-21-11-13-25-42(36)47/h1-29H. The summed E-state index contributed by atoms with van der Waals surface area (Å²) in [6.45, 7) is 0. The van der Waals surface area contributed by atoms with E-state index >= 15 is 0 Å². The van der Waals surface area contributed by atoms with Crippen LogP contribution in [0.3, 0.4) is 0 Å². The lowest BCUT2D eigenvalue weighted by atomic mass is 9.83. The second kappa shape index (κ2) is 10.2. The van der Waals surface area contributed by atoms with Crippen LogP contribution >= 0.6 is 0 Å². The number of hydrogen-bond acceptors (Lipinski definition) is 0. The molecule has 1 nitrogen and oxygen atoms in total. The molecule has 0 fully saturated rings. The van der Waals surface area contributed by atoms with Gasteiger partial charge in [0.1, 0.15) is 0 Å². The molecule has 10 aromatic rings. The predicted octanol–water partition coefficient (Wildman–Crippen LogP) is 12.7. The van der Waals surface area contributed by atoms with Gasteiger partial charge >= 0.3 is 0 Å². The maximum atomic E-state index is 2.44. The summed E-state index contributed by atoms with van der Waals surface area (Å²) in [5.41, 5.74) is 8.71. The summed E-state index contributed by atoms with van der Waals surface area (Å²) in [6.07, 6.45) is 0. The summed E-state index contributed by atoms with van der Waals surface area (Å²) < 4.78 is 2.44. The van der Waals surface area contributed by atoms with Crippen LogP contribution in [0.2, 0.25) is 0 Å². The zero-order valence-electron chi connectivity index (χ0n) is 25.7. The van der Waals surface area contributed by atoms with Crippen molar-refractivity contribution >= 4 is 64.9 Å². The highest BCUT2D eigenvalue weighted by molar-refractivity contribution is 6.29. The Morgan fingerprint density at radius 3 is 1.53 bits per heavy atom. The number of benzene rings is 9. The Morgan fingerprint density at radius 1 is 0.298 bits per heavy atom. The van der Waals surface area contributed by atoms with Crippen LogP contribution in [-0.2, 0) is 0 Å². The van der Waals surface area contributed by atoms with E-state index in [0.29, 0.717) is 0 Å². The highest BCUT2D eigenvalue weighted by Crippen LogP contribution is 2.48. The van der Waals surface area contributed by atoms with Gasteiger partial charge in [-0.1, -0.05) is 158 Å². The van der Waals surface area contributed by atoms with E-state index in [9.17, 15) is 0 Å². The Balaban J connectivity index is 1.36. The van der Waals surface area contributed by atoms with Crippen LogP contribution in [-0.4, -0.2) is 4.57 Å². The van der Waals surface area contributed by atoms with Gasteiger partial charge < -0.3 is 4.57 Å². The molecule has 0 bridgehead atoms. The van der Waals surface area contributed by atoms with E-state index in [2.05, 4.69) is 180 Å². The van der Waals surface area contributed by atoms with Crippen molar-refractivity contribution in [1.82, 2.24) is 4.57 Å². The summed E-state index contributed by atoms with van der Waals surface area (Å²) in [5, 5.41) is 12.7. The molecule has 0 saturated carbocycles. The topological polar surface area (TPSA) is 4.93 Å². The molecule has 0 aliphatic rings. The molecule has 1 heteroatoms. The minimum absolute atomic E-state index is 1.20. The molecule has 0 amide bonds. The SMILES string of the molecule is c1ccc(-c2c3ccccc3c(-c3ccc(-n4c5ccccc5c5ccccc54)c4ccccc34)c3ccc4ccccc4c23)cc1. The molecular weight excluding hydrogens is 567 g/mol. The molecule has 0 radical (unpaired) electrons. The summed E-state index contributed by atoms with van der Waals surface area (Å²) in [4.78, 5) is 0. The van der Waals surface area contributed by atoms with Crippen molar-refractivity contribution in [3.05, 3.63) is 176 Å². The van der Waals surface area contributed by atoms with E-state index in [0.717, 1.165) is 0 Å². The van der Waals surface area contributed by atoms with Crippen LogP contribution in [0.1, 0.15) is 0 Å². The molecule has 0 atom stereocenters. The largest absolute Gasteiger partial charge is 0.309 e. The molecule has 1 heterocycles. The Bertz CT molecular complexity index is 2780. The van der Waals surface area contributed by atoms with E-state index in [-0.39, 0.29) is 0 Å². The van der Waals surface area contributed by atoms with Crippen molar-refractivity contribution in [2.45, 2.75) is 0 Å². The first-order chi connectivity index (χ1) is 23.4. The average molecular weight is 596 g/mol. The molecule has 47 heavy (non-hydrogen) atoms. The number of rotatable bonds is 3. The lowest BCUT2D eigenvalue weighted by molar-refractivity contribution is 1.20. The summed E-state index contributed by atoms with van der Waals surface area (Å²) in [5.74, 6) is 0. The summed E-state index contributed by atoms with van der Waals surface area (Å²) in [6, 6.07) is 64.5. The first-order valence-electron chi connectivity index (χ1n) is 16.3. The molecular formula is C46H29N. The molecule has 1 aromatic heterocycles. The quantitative estimate of drug-likeness (QED) is 0.141. The van der Waals surface area contributed by atoms with Crippen molar-refractivity contribution in [3.8, 4) is 27.9 Å². The average Bonchev–Trinajstić information content (AvgIpc) is 3.48. The molecule has 0 aliphatic carbocycles. The van der Waals surface area contributed by atoms with Gasteiger partial charge in [-0.3, -0.25) is 0 Å². The second-order valence-electron chi connectivity index (χ2n) is 12.4. The molecule has 9 aromatic carbocycles. The molecule has 0 spiro atoms. The van der Waals surface area contributed by atoms with Gasteiger partial charge in [0.2, 0.25) is 0 Å². The van der Waals surface area contributed by atoms with Gasteiger partial charge in [-0.25, -0.2) is 0 Å². The lowest BCUT2D eigenvalue weighted by Gasteiger charge is -2.21. The molecule has 0 saturated heterocycles. The smallest absolute Gasteiger partial charge is 0.0541 e. The predicted molar refractivity (Wildman–Crippen MR) is 202 cm³/mol. The van der Waals surface area contributed by atoms with Crippen molar-refractivity contribution in [1.29, 1.82) is 0 Å². The zero-order chi connectivity index (χ0) is 30.9. The van der Waals surface area contributed by atoms with Gasteiger partial charge in [-0.05, 0) is 78.2 Å². The molecule has 0 N–H and O–H groups in total. The van der Waals surface area contributed by atoms with E-state index in [4.69, 9.17) is 0 Å². The van der Waals surface area contributed by atoms with E-state index in [1.807, 2.05) is 0 Å². The Hall–Kier alpha value is -6.18. The van der Waals surface area contributed by atoms with Crippen LogP contribution in [0.25, 0.3) is 92.8 Å². The molecule has 218 valence electrons. The zero-order valence-corrected chi connectivity index (χ0v) is 25.7. The third kappa shape index (κ3) is 3.78. The highest BCUT2D eigenvalue weighted by atomic mass is 15.0. The van der Waals surface area contributed by atoms with Crippen LogP contribution < -0.4 is 0 Å². The summed E-state index contributed by atoms with van der Waals surface area (Å²) in [7, 11) is 0. The molecule has 0 aliphatic heterocycles. The third-order valence-corrected chi connectivity index (χ3v) is 9.97. The van der Waals surface area contributed by atoms with E-state index in [1.165, 1.54) is 92.8 Å². The fourth-order valence-corrected chi connectivity index (χ4v) is 8.02. The molecule has 10 rings (SSSR count). The lowest BCUT2D eigenvalue weighted by Crippen LogP contribution is -1.97. The number of nitrogens with zero attached hydrogens (tertiary/aromatic N) is 1. The monoisotopic (exact) mass is 595 g/mol. The highest BCUT2D eigenvalue weighted by Gasteiger charge is 2.21. The van der Waals surface area contributed by atoms with E-state index in [1.54, 1.807) is 0 Å². The Morgan fingerprint density at radius 2 is 0.830 bits per heavy atom. The van der Waals surface area contributed by atoms with Gasteiger partial charge in [0.15, 0.2) is 0 Å². The van der Waals surface area contributed by atoms with Crippen molar-refractivity contribution < 1.29 is 0 Å². The number of para-hydroxylation sites is 2. The Kier molecular flexibility index (Phi) is 5.64. The molecule has 0 unspecified atom stereocenters. The van der Waals surface area contributed by atoms with E-state index < -0.39 is 0 Å². The minimum atomic E-state index is 1.20. The van der Waals surface area contributed by atoms with Gasteiger partial charge in [0, 0.05) is 16.2 Å². The van der Waals surface area contributed by atoms with Crippen LogP contribution in [0, 0.1) is 0 Å². The number of aromatic nitrogens is 1. The fourth-order valence-electron chi connectivity index (χ4n) is 8.02. The van der Waals surface area contributed by atoms with Crippen LogP contribution in [0.4, 0.5) is 0 Å². The van der Waals surface area contributed by atoms with Crippen molar-refractivity contribution in [2.24, 2.45) is 0 Å². The fraction of sp³-hybridized carbons (Fsp3) is 0. The van der Waals surface area contributed by atoms with Gasteiger partial charge in [-0.2, -0.15) is 0 Å². The first-order valence-corrected chi connectivity index (χ1v) is 16.3. The maximum Gasteiger partial charge on any atom is 0.0541 e. The number of fused-ring (bicyclic) bond motifs is 8. The number of hydrogen-bond donors (Lipinski definition) is 0. The van der Waals surface area contributed by atoms with Gasteiger partial charge in [-0.15, -0.1) is 0 Å². The van der Waals surface area contributed by atoms with Crippen molar-refractivity contribution in [2.75, 3.05) is 0 Å². The maximum absolute atomic E-state index is 2.44. The summed E-state index contributed by atoms with van der Waals surface area (Å²) >= 11 is 0. The second-order valence-corrected chi connectivity index (χ2v) is 12.4. The minimum Gasteiger partial charge on any atom is -0.309 e. The van der Waals surface area contributed by atoms with Crippen LogP contribution in [0.15, 0.2) is 176 Å². The van der Waals surface area contributed by atoms with Gasteiger partial charge in [0.05, 0.1) is 16.7 Å². The first kappa shape index (κ1) is 26.1. The van der Waals surface area contributed by atoms with Crippen LogP contribution in [0.5, 0.6) is 0 Å². The van der Waals surface area contributed by atoms with Gasteiger partial charge in [0.25, 0.3) is 0 Å².